The third-order valence-electron chi connectivity index (χ3n) is 5.76. The summed E-state index contributed by atoms with van der Waals surface area (Å²) in [6.45, 7) is 1.70. The largest absolute Gasteiger partial charge is 0.497 e. The molecule has 7 nitrogen and oxygen atoms in total. The average molecular weight is 458 g/mol. The summed E-state index contributed by atoms with van der Waals surface area (Å²) in [6, 6.07) is 16.4. The number of rotatable bonds is 9. The molecule has 1 saturated heterocycles. The third-order valence-corrected chi connectivity index (χ3v) is 7.39. The van der Waals surface area contributed by atoms with Crippen LogP contribution in [0.25, 0.3) is 0 Å². The van der Waals surface area contributed by atoms with Gasteiger partial charge in [-0.05, 0) is 36.8 Å². The number of amides is 1. The first-order valence-corrected chi connectivity index (χ1v) is 11.2. The lowest BCUT2D eigenvalue weighted by molar-refractivity contribution is -0.150. The van der Waals surface area contributed by atoms with E-state index in [2.05, 4.69) is 0 Å². The predicted molar refractivity (Wildman–Crippen MR) is 123 cm³/mol. The van der Waals surface area contributed by atoms with Gasteiger partial charge in [0.15, 0.2) is 0 Å². The highest BCUT2D eigenvalue weighted by molar-refractivity contribution is 8.01. The normalized spacial score (nSPS) is 20.8. The lowest BCUT2D eigenvalue weighted by Gasteiger charge is -2.57. The molecule has 3 unspecified atom stereocenters. The monoisotopic (exact) mass is 457 g/mol. The molecule has 0 aliphatic carbocycles. The summed E-state index contributed by atoms with van der Waals surface area (Å²) in [5.41, 5.74) is 1.59. The molecule has 3 atom stereocenters. The maximum Gasteiger partial charge on any atom is 0.310 e. The van der Waals surface area contributed by atoms with Crippen molar-refractivity contribution < 1.29 is 28.6 Å². The van der Waals surface area contributed by atoms with Crippen LogP contribution in [0.1, 0.15) is 24.9 Å². The lowest BCUT2D eigenvalue weighted by Crippen LogP contribution is -2.71. The average Bonchev–Trinajstić information content (AvgIpc) is 2.84. The van der Waals surface area contributed by atoms with Crippen LogP contribution in [0.4, 0.5) is 5.69 Å². The zero-order valence-electron chi connectivity index (χ0n) is 18.6. The summed E-state index contributed by atoms with van der Waals surface area (Å²) in [5, 5.41) is 0. The highest BCUT2D eigenvalue weighted by Gasteiger charge is 2.66. The van der Waals surface area contributed by atoms with Crippen LogP contribution in [0.15, 0.2) is 54.6 Å². The van der Waals surface area contributed by atoms with E-state index < -0.39 is 22.7 Å². The predicted octanol–water partition coefficient (Wildman–Crippen LogP) is 3.63. The summed E-state index contributed by atoms with van der Waals surface area (Å²) in [4.78, 5) is 39.8. The Balaban J connectivity index is 2.06. The van der Waals surface area contributed by atoms with E-state index in [1.54, 1.807) is 31.1 Å². The summed E-state index contributed by atoms with van der Waals surface area (Å²) in [5.74, 6) is -0.765. The van der Waals surface area contributed by atoms with E-state index in [0.29, 0.717) is 17.2 Å². The first-order chi connectivity index (χ1) is 15.4. The van der Waals surface area contributed by atoms with Crippen molar-refractivity contribution in [1.29, 1.82) is 0 Å². The standard InChI is InChI=1S/C24H27NO6S/c1-16(22(27)31-4)24(32-15-14-20(26)30-3)21(17-8-6-5-7-9-17)25(23(24)28)18-10-12-19(29-2)13-11-18/h5-13,16,21H,14-15H2,1-4H3. The van der Waals surface area contributed by atoms with E-state index in [9.17, 15) is 14.4 Å². The number of methoxy groups -OCH3 is 3. The van der Waals surface area contributed by atoms with Crippen LogP contribution < -0.4 is 9.64 Å². The molecular weight excluding hydrogens is 430 g/mol. The minimum Gasteiger partial charge on any atom is -0.497 e. The van der Waals surface area contributed by atoms with Gasteiger partial charge in [0, 0.05) is 11.4 Å². The van der Waals surface area contributed by atoms with Crippen molar-refractivity contribution in [1.82, 2.24) is 0 Å². The number of thioether (sulfide) groups is 1. The zero-order chi connectivity index (χ0) is 23.3. The molecule has 0 saturated carbocycles. The van der Waals surface area contributed by atoms with Crippen molar-refractivity contribution in [2.45, 2.75) is 24.1 Å². The molecule has 3 rings (SSSR count). The summed E-state index contributed by atoms with van der Waals surface area (Å²) in [7, 11) is 4.22. The van der Waals surface area contributed by atoms with Gasteiger partial charge in [-0.1, -0.05) is 30.3 Å². The fourth-order valence-corrected chi connectivity index (χ4v) is 5.61. The molecule has 0 spiro atoms. The summed E-state index contributed by atoms with van der Waals surface area (Å²) < 4.78 is 13.9. The number of carbonyl (C=O) groups is 3. The van der Waals surface area contributed by atoms with Crippen LogP contribution in [-0.2, 0) is 23.9 Å². The van der Waals surface area contributed by atoms with Crippen LogP contribution in [0, 0.1) is 5.92 Å². The molecule has 1 aliphatic rings. The van der Waals surface area contributed by atoms with Crippen LogP contribution >= 0.6 is 11.8 Å². The molecule has 8 heteroatoms. The maximum absolute atomic E-state index is 13.8. The highest BCUT2D eigenvalue weighted by Crippen LogP contribution is 2.57. The number of carbonyl (C=O) groups excluding carboxylic acids is 3. The molecule has 32 heavy (non-hydrogen) atoms. The Morgan fingerprint density at radius 3 is 2.25 bits per heavy atom. The van der Waals surface area contributed by atoms with E-state index in [1.807, 2.05) is 42.5 Å². The highest BCUT2D eigenvalue weighted by atomic mass is 32.2. The van der Waals surface area contributed by atoms with E-state index in [4.69, 9.17) is 14.2 Å². The van der Waals surface area contributed by atoms with Crippen molar-refractivity contribution in [3.8, 4) is 5.75 Å². The number of esters is 2. The van der Waals surface area contributed by atoms with Crippen LogP contribution in [0.5, 0.6) is 5.75 Å². The van der Waals surface area contributed by atoms with Crippen LogP contribution in [-0.4, -0.2) is 49.7 Å². The molecule has 170 valence electrons. The fraction of sp³-hybridized carbons (Fsp3) is 0.375. The first kappa shape index (κ1) is 23.7. The van der Waals surface area contributed by atoms with Gasteiger partial charge in [0.1, 0.15) is 10.5 Å². The number of benzene rings is 2. The molecule has 1 aliphatic heterocycles. The molecule has 2 aromatic rings. The minimum absolute atomic E-state index is 0.133. The van der Waals surface area contributed by atoms with E-state index in [0.717, 1.165) is 5.56 Å². The van der Waals surface area contributed by atoms with Gasteiger partial charge in [-0.3, -0.25) is 14.4 Å². The molecule has 1 amide bonds. The quantitative estimate of drug-likeness (QED) is 0.420. The van der Waals surface area contributed by atoms with Gasteiger partial charge < -0.3 is 19.1 Å². The van der Waals surface area contributed by atoms with Crippen molar-refractivity contribution in [2.24, 2.45) is 5.92 Å². The molecule has 0 N–H and O–H groups in total. The van der Waals surface area contributed by atoms with Gasteiger partial charge in [-0.15, -0.1) is 11.8 Å². The maximum atomic E-state index is 13.8. The van der Waals surface area contributed by atoms with Gasteiger partial charge in [0.2, 0.25) is 5.91 Å². The van der Waals surface area contributed by atoms with Crippen LogP contribution in [0.2, 0.25) is 0 Å². The number of anilines is 1. The van der Waals surface area contributed by atoms with E-state index >= 15 is 0 Å². The Hall–Kier alpha value is -3.00. The molecule has 2 aromatic carbocycles. The SMILES string of the molecule is COC(=O)CCSC1(C(C)C(=O)OC)C(=O)N(c2ccc(OC)cc2)C1c1ccccc1. The summed E-state index contributed by atoms with van der Waals surface area (Å²) >= 11 is 1.31. The van der Waals surface area contributed by atoms with Gasteiger partial charge in [-0.25, -0.2) is 0 Å². The van der Waals surface area contributed by atoms with Crippen molar-refractivity contribution >= 4 is 35.3 Å². The Morgan fingerprint density at radius 2 is 1.69 bits per heavy atom. The van der Waals surface area contributed by atoms with Crippen molar-refractivity contribution in [3.05, 3.63) is 60.2 Å². The van der Waals surface area contributed by atoms with Crippen LogP contribution in [0.3, 0.4) is 0 Å². The van der Waals surface area contributed by atoms with Crippen molar-refractivity contribution in [3.63, 3.8) is 0 Å². The first-order valence-electron chi connectivity index (χ1n) is 10.2. The second kappa shape index (κ2) is 10.1. The zero-order valence-corrected chi connectivity index (χ0v) is 19.4. The smallest absolute Gasteiger partial charge is 0.310 e. The molecule has 0 bridgehead atoms. The van der Waals surface area contributed by atoms with Gasteiger partial charge in [0.05, 0.1) is 39.7 Å². The minimum atomic E-state index is -1.12. The number of β-lactam (4-membered cyclic amide) rings is 1. The van der Waals surface area contributed by atoms with Gasteiger partial charge in [0.25, 0.3) is 0 Å². The Morgan fingerprint density at radius 1 is 1.03 bits per heavy atom. The number of hydrogen-bond acceptors (Lipinski definition) is 7. The lowest BCUT2D eigenvalue weighted by atomic mass is 9.73. The van der Waals surface area contributed by atoms with Gasteiger partial charge in [-0.2, -0.15) is 0 Å². The second-order valence-corrected chi connectivity index (χ2v) is 8.77. The topological polar surface area (TPSA) is 82.1 Å². The third kappa shape index (κ3) is 4.19. The summed E-state index contributed by atoms with van der Waals surface area (Å²) in [6.07, 6.45) is 0.133. The van der Waals surface area contributed by atoms with Gasteiger partial charge >= 0.3 is 11.9 Å². The molecule has 1 fully saturated rings. The molecule has 1 heterocycles. The van der Waals surface area contributed by atoms with E-state index in [1.165, 1.54) is 26.0 Å². The molecule has 0 aromatic heterocycles. The fourth-order valence-electron chi connectivity index (χ4n) is 4.03. The Bertz CT molecular complexity index is 964. The Labute approximate surface area is 192 Å². The second-order valence-electron chi connectivity index (χ2n) is 7.40. The number of nitrogens with zero attached hydrogens (tertiary/aromatic N) is 1. The number of ether oxygens (including phenoxy) is 3. The number of hydrogen-bond donors (Lipinski definition) is 0. The van der Waals surface area contributed by atoms with Crippen molar-refractivity contribution in [2.75, 3.05) is 32.0 Å². The van der Waals surface area contributed by atoms with E-state index in [-0.39, 0.29) is 18.3 Å². The Kier molecular flexibility index (Phi) is 7.45. The molecule has 0 radical (unpaired) electrons. The molecular formula is C24H27NO6S.